The van der Waals surface area contributed by atoms with Crippen molar-refractivity contribution >= 4 is 43.9 Å². The Labute approximate surface area is 204 Å². The topological polar surface area (TPSA) is 79.4 Å². The molecule has 0 aliphatic rings. The molecule has 1 heterocycles. The van der Waals surface area contributed by atoms with Gasteiger partial charge in [-0.1, -0.05) is 47.2 Å². The Balaban J connectivity index is 1.58. The van der Waals surface area contributed by atoms with Crippen LogP contribution in [-0.2, 0) is 16.2 Å². The lowest BCUT2D eigenvalue weighted by Crippen LogP contribution is -2.29. The van der Waals surface area contributed by atoms with Crippen LogP contribution in [0, 0.1) is 6.92 Å². The quantitative estimate of drug-likeness (QED) is 0.292. The van der Waals surface area contributed by atoms with Crippen LogP contribution in [0.25, 0.3) is 0 Å². The summed E-state index contributed by atoms with van der Waals surface area (Å²) >= 11 is 7.06. The lowest BCUT2D eigenvalue weighted by atomic mass is 10.0. The maximum Gasteiger partial charge on any atom is 0.416 e. The van der Waals surface area contributed by atoms with Gasteiger partial charge in [0.05, 0.1) is 21.7 Å². The molecule has 182 valence electrons. The Bertz CT molecular complexity index is 1290. The summed E-state index contributed by atoms with van der Waals surface area (Å²) < 4.78 is 65.4. The molecule has 3 rings (SSSR count). The second-order valence-electron chi connectivity index (χ2n) is 7.42. The van der Waals surface area contributed by atoms with Gasteiger partial charge in [0, 0.05) is 25.7 Å². The van der Waals surface area contributed by atoms with Crippen LogP contribution in [0.5, 0.6) is 0 Å². The molecule has 3 aromatic rings. The predicted molar refractivity (Wildman–Crippen MR) is 126 cm³/mol. The Morgan fingerprint density at radius 1 is 1.21 bits per heavy atom. The van der Waals surface area contributed by atoms with Gasteiger partial charge in [0.1, 0.15) is 4.90 Å². The molecular formula is C22H21ClF3N3O3S2. The minimum Gasteiger partial charge on any atom is -0.361 e. The maximum atomic E-state index is 13.0. The molecule has 0 aliphatic carbocycles. The lowest BCUT2D eigenvalue weighted by Gasteiger charge is -2.19. The first kappa shape index (κ1) is 26.1. The number of aryl methyl sites for hydroxylation is 1. The third kappa shape index (κ3) is 5.96. The van der Waals surface area contributed by atoms with Gasteiger partial charge in [0.25, 0.3) is 0 Å². The molecule has 0 radical (unpaired) electrons. The van der Waals surface area contributed by atoms with E-state index in [2.05, 4.69) is 10.3 Å². The molecule has 0 atom stereocenters. The van der Waals surface area contributed by atoms with Crippen LogP contribution >= 0.6 is 22.9 Å². The normalized spacial score (nSPS) is 12.2. The molecule has 0 spiro atoms. The van der Waals surface area contributed by atoms with Crippen molar-refractivity contribution in [3.05, 3.63) is 75.3 Å². The van der Waals surface area contributed by atoms with Crippen molar-refractivity contribution in [1.29, 1.82) is 0 Å². The highest BCUT2D eigenvalue weighted by molar-refractivity contribution is 7.89. The van der Waals surface area contributed by atoms with E-state index in [0.29, 0.717) is 34.6 Å². The second-order valence-corrected chi connectivity index (χ2v) is 10.9. The summed E-state index contributed by atoms with van der Waals surface area (Å²) in [5.41, 5.74) is 0.365. The molecule has 6 nitrogen and oxygen atoms in total. The van der Waals surface area contributed by atoms with Gasteiger partial charge >= 0.3 is 6.18 Å². The molecule has 0 amide bonds. The summed E-state index contributed by atoms with van der Waals surface area (Å²) in [7, 11) is -2.95. The van der Waals surface area contributed by atoms with Crippen molar-refractivity contribution < 1.29 is 26.4 Å². The van der Waals surface area contributed by atoms with Crippen LogP contribution < -0.4 is 5.32 Å². The number of benzene rings is 2. The van der Waals surface area contributed by atoms with Crippen molar-refractivity contribution in [3.63, 3.8) is 0 Å². The van der Waals surface area contributed by atoms with Gasteiger partial charge in [-0.15, -0.1) is 0 Å². The van der Waals surface area contributed by atoms with Gasteiger partial charge in [-0.2, -0.15) is 13.2 Å². The van der Waals surface area contributed by atoms with Crippen molar-refractivity contribution in [1.82, 2.24) is 9.29 Å². The first-order chi connectivity index (χ1) is 15.9. The summed E-state index contributed by atoms with van der Waals surface area (Å²) in [5.74, 6) is -0.132. The van der Waals surface area contributed by atoms with Crippen molar-refractivity contribution in [2.24, 2.45) is 0 Å². The van der Waals surface area contributed by atoms with Crippen LogP contribution in [0.2, 0.25) is 5.02 Å². The number of ketones is 1. The largest absolute Gasteiger partial charge is 0.416 e. The van der Waals surface area contributed by atoms with Crippen LogP contribution in [0.3, 0.4) is 0 Å². The number of carbonyl (C=O) groups is 1. The average molecular weight is 532 g/mol. The molecule has 0 bridgehead atoms. The van der Waals surface area contributed by atoms with Crippen LogP contribution in [0.1, 0.15) is 32.8 Å². The second kappa shape index (κ2) is 10.4. The fraction of sp³-hybridized carbons (Fsp3) is 0.273. The molecule has 0 saturated heterocycles. The minimum absolute atomic E-state index is 0.0300. The van der Waals surface area contributed by atoms with E-state index in [1.807, 2.05) is 19.1 Å². The zero-order chi connectivity index (χ0) is 25.1. The third-order valence-corrected chi connectivity index (χ3v) is 8.28. The number of hydrogen-bond donors (Lipinski definition) is 1. The number of sulfonamides is 1. The average Bonchev–Trinajstić information content (AvgIpc) is 3.24. The Morgan fingerprint density at radius 2 is 1.91 bits per heavy atom. The van der Waals surface area contributed by atoms with Crippen LogP contribution in [0.15, 0.2) is 53.6 Å². The minimum atomic E-state index is -4.69. The van der Waals surface area contributed by atoms with Gasteiger partial charge < -0.3 is 5.32 Å². The number of halogens is 4. The Hall–Kier alpha value is -2.47. The van der Waals surface area contributed by atoms with E-state index in [0.717, 1.165) is 22.0 Å². The molecular weight excluding hydrogens is 511 g/mol. The first-order valence-corrected chi connectivity index (χ1v) is 12.7. The number of nitrogens with one attached hydrogen (secondary N) is 1. The molecule has 0 saturated carbocycles. The standard InChI is InChI=1S/C22H21ClF3N3O3S2/c1-14-6-3-4-7-16(14)20(30)18-13-28-21(33-18)27-10-5-11-29(2)34(31,32)19-12-15(22(24,25)26)8-9-17(19)23/h3-4,6-9,12-13H,5,10-11H2,1-2H3,(H,27,28). The highest BCUT2D eigenvalue weighted by Gasteiger charge is 2.33. The zero-order valence-electron chi connectivity index (χ0n) is 18.2. The number of rotatable bonds is 9. The molecule has 1 aromatic heterocycles. The monoisotopic (exact) mass is 531 g/mol. The van der Waals surface area contributed by atoms with E-state index >= 15 is 0 Å². The van der Waals surface area contributed by atoms with E-state index in [1.54, 1.807) is 12.1 Å². The SMILES string of the molecule is Cc1ccccc1C(=O)c1cnc(NCCCN(C)S(=O)(=O)c2cc(C(F)(F)F)ccc2Cl)s1. The number of carbonyl (C=O) groups excluding carboxylic acids is 1. The van der Waals surface area contributed by atoms with E-state index in [4.69, 9.17) is 11.6 Å². The van der Waals surface area contributed by atoms with E-state index in [1.165, 1.54) is 24.6 Å². The zero-order valence-corrected chi connectivity index (χ0v) is 20.6. The van der Waals surface area contributed by atoms with Gasteiger partial charge in [-0.05, 0) is 37.1 Å². The van der Waals surface area contributed by atoms with Gasteiger partial charge in [-0.3, -0.25) is 4.79 Å². The van der Waals surface area contributed by atoms with E-state index in [-0.39, 0.29) is 17.4 Å². The molecule has 1 N–H and O–H groups in total. The van der Waals surface area contributed by atoms with Gasteiger partial charge in [-0.25, -0.2) is 17.7 Å². The summed E-state index contributed by atoms with van der Waals surface area (Å²) in [6.07, 6.45) is -2.87. The lowest BCUT2D eigenvalue weighted by molar-refractivity contribution is -0.137. The number of alkyl halides is 3. The molecule has 2 aromatic carbocycles. The number of nitrogens with zero attached hydrogens (tertiary/aromatic N) is 2. The van der Waals surface area contributed by atoms with Crippen LogP contribution in [-0.4, -0.2) is 43.6 Å². The van der Waals surface area contributed by atoms with Crippen LogP contribution in [0.4, 0.5) is 18.3 Å². The smallest absolute Gasteiger partial charge is 0.361 e. The molecule has 34 heavy (non-hydrogen) atoms. The summed E-state index contributed by atoms with van der Waals surface area (Å²) in [4.78, 5) is 16.7. The molecule has 0 fully saturated rings. The number of anilines is 1. The van der Waals surface area contributed by atoms with E-state index < -0.39 is 26.7 Å². The van der Waals surface area contributed by atoms with Gasteiger partial charge in [0.2, 0.25) is 15.8 Å². The summed E-state index contributed by atoms with van der Waals surface area (Å²) in [6.45, 7) is 2.22. The van der Waals surface area contributed by atoms with Gasteiger partial charge in [0.15, 0.2) is 5.13 Å². The Kier molecular flexibility index (Phi) is 8.02. The van der Waals surface area contributed by atoms with Crippen molar-refractivity contribution in [2.45, 2.75) is 24.4 Å². The van der Waals surface area contributed by atoms with Crippen molar-refractivity contribution in [3.8, 4) is 0 Å². The maximum absolute atomic E-state index is 13.0. The fourth-order valence-electron chi connectivity index (χ4n) is 3.08. The summed E-state index contributed by atoms with van der Waals surface area (Å²) in [5, 5.41) is 3.25. The predicted octanol–water partition coefficient (Wildman–Crippen LogP) is 5.48. The first-order valence-electron chi connectivity index (χ1n) is 10.0. The number of aromatic nitrogens is 1. The van der Waals surface area contributed by atoms with Crippen molar-refractivity contribution in [2.75, 3.05) is 25.5 Å². The highest BCUT2D eigenvalue weighted by atomic mass is 35.5. The molecule has 0 unspecified atom stereocenters. The molecule has 0 aliphatic heterocycles. The Morgan fingerprint density at radius 3 is 2.59 bits per heavy atom. The third-order valence-electron chi connectivity index (χ3n) is 4.99. The van der Waals surface area contributed by atoms with E-state index in [9.17, 15) is 26.4 Å². The molecule has 12 heteroatoms. The number of hydrogen-bond acceptors (Lipinski definition) is 6. The highest BCUT2D eigenvalue weighted by Crippen LogP contribution is 2.34. The fourth-order valence-corrected chi connectivity index (χ4v) is 5.59. The summed E-state index contributed by atoms with van der Waals surface area (Å²) in [6, 6.07) is 9.43. The number of thiazole rings is 1.